The van der Waals surface area contributed by atoms with Crippen LogP contribution < -0.4 is 10.1 Å². The third-order valence-electron chi connectivity index (χ3n) is 6.93. The van der Waals surface area contributed by atoms with Crippen molar-refractivity contribution < 1.29 is 27.9 Å². The molecule has 2 aliphatic rings. The van der Waals surface area contributed by atoms with Gasteiger partial charge in [0.05, 0.1) is 36.7 Å². The van der Waals surface area contributed by atoms with Gasteiger partial charge in [-0.1, -0.05) is 32.3 Å². The fourth-order valence-electron chi connectivity index (χ4n) is 4.55. The zero-order valence-corrected chi connectivity index (χ0v) is 21.3. The Kier molecular flexibility index (Phi) is 8.59. The van der Waals surface area contributed by atoms with Gasteiger partial charge in [0, 0.05) is 25.4 Å². The van der Waals surface area contributed by atoms with E-state index >= 15 is 0 Å². The number of aliphatic hydroxyl groups is 1. The van der Waals surface area contributed by atoms with Crippen LogP contribution in [0.25, 0.3) is 0 Å². The topological polar surface area (TPSA) is 116 Å². The maximum Gasteiger partial charge on any atom is 0.258 e. The Balaban J connectivity index is 2.00. The summed E-state index contributed by atoms with van der Waals surface area (Å²) >= 11 is 0. The molecule has 2 amide bonds. The van der Waals surface area contributed by atoms with E-state index in [0.29, 0.717) is 12.2 Å². The minimum Gasteiger partial charge on any atom is -0.486 e. The Morgan fingerprint density at radius 2 is 1.97 bits per heavy atom. The van der Waals surface area contributed by atoms with Gasteiger partial charge in [-0.15, -0.1) is 0 Å². The van der Waals surface area contributed by atoms with Crippen molar-refractivity contribution in [3.8, 4) is 5.75 Å². The number of rotatable bonds is 7. The lowest BCUT2D eigenvalue weighted by molar-refractivity contribution is -0.120. The number of anilines is 1. The van der Waals surface area contributed by atoms with Crippen LogP contribution in [0.4, 0.5) is 5.69 Å². The molecule has 1 aromatic rings. The fourth-order valence-corrected chi connectivity index (χ4v) is 4.97. The molecular formula is C24H37N3O6S. The highest BCUT2D eigenvalue weighted by molar-refractivity contribution is 7.88. The molecule has 1 aromatic carbocycles. The largest absolute Gasteiger partial charge is 0.486 e. The molecule has 9 nitrogen and oxygen atoms in total. The van der Waals surface area contributed by atoms with Crippen molar-refractivity contribution in [2.75, 3.05) is 38.3 Å². The summed E-state index contributed by atoms with van der Waals surface area (Å²) < 4.78 is 31.7. The van der Waals surface area contributed by atoms with Crippen molar-refractivity contribution in [3.05, 3.63) is 23.8 Å². The molecule has 1 aliphatic carbocycles. The summed E-state index contributed by atoms with van der Waals surface area (Å²) in [5.41, 5.74) is 0.680. The second-order valence-corrected chi connectivity index (χ2v) is 11.8. The third kappa shape index (κ3) is 6.09. The van der Waals surface area contributed by atoms with E-state index in [1.165, 1.54) is 11.4 Å². The standard InChI is InChI=1S/C24H37N3O6S/c1-16-13-27(17(2)15-28)24(30)19-11-8-12-20(25-23(29)18-9-6-5-7-10-18)22(19)33-21(16)14-26(3)34(4,31)32/h8,11-12,16-18,21,28H,5-7,9-10,13-15H2,1-4H3,(H,25,29)/t16-,17-,21+/m0/s1. The number of carbonyl (C=O) groups is 2. The lowest BCUT2D eigenvalue weighted by atomic mass is 9.88. The number of ether oxygens (including phenoxy) is 1. The Hall–Kier alpha value is -2.17. The first-order chi connectivity index (χ1) is 16.0. The van der Waals surface area contributed by atoms with Gasteiger partial charge >= 0.3 is 0 Å². The Morgan fingerprint density at radius 3 is 2.59 bits per heavy atom. The summed E-state index contributed by atoms with van der Waals surface area (Å²) in [6.45, 7) is 3.82. The maximum atomic E-state index is 13.5. The van der Waals surface area contributed by atoms with Gasteiger partial charge < -0.3 is 20.1 Å². The van der Waals surface area contributed by atoms with Crippen molar-refractivity contribution in [2.24, 2.45) is 11.8 Å². The van der Waals surface area contributed by atoms with Gasteiger partial charge in [0.1, 0.15) is 6.10 Å². The zero-order chi connectivity index (χ0) is 25.0. The quantitative estimate of drug-likeness (QED) is 0.600. The predicted molar refractivity (Wildman–Crippen MR) is 130 cm³/mol. The highest BCUT2D eigenvalue weighted by Crippen LogP contribution is 2.36. The molecule has 0 aromatic heterocycles. The van der Waals surface area contributed by atoms with Crippen LogP contribution in [-0.2, 0) is 14.8 Å². The summed E-state index contributed by atoms with van der Waals surface area (Å²) in [7, 11) is -1.96. The molecule has 3 rings (SSSR count). The van der Waals surface area contributed by atoms with Crippen molar-refractivity contribution in [1.82, 2.24) is 9.21 Å². The molecule has 1 aliphatic heterocycles. The molecule has 2 N–H and O–H groups in total. The summed E-state index contributed by atoms with van der Waals surface area (Å²) in [5.74, 6) is -0.467. The van der Waals surface area contributed by atoms with Gasteiger partial charge in [-0.2, -0.15) is 0 Å². The molecule has 0 saturated heterocycles. The summed E-state index contributed by atoms with van der Waals surface area (Å²) in [6, 6.07) is 4.60. The molecule has 34 heavy (non-hydrogen) atoms. The minimum absolute atomic E-state index is 0.0779. The Morgan fingerprint density at radius 1 is 1.29 bits per heavy atom. The molecule has 190 valence electrons. The van der Waals surface area contributed by atoms with Crippen LogP contribution in [0.5, 0.6) is 5.75 Å². The summed E-state index contributed by atoms with van der Waals surface area (Å²) in [4.78, 5) is 28.0. The number of nitrogens with zero attached hydrogens (tertiary/aromatic N) is 2. The van der Waals surface area contributed by atoms with Crippen molar-refractivity contribution >= 4 is 27.5 Å². The van der Waals surface area contributed by atoms with Crippen LogP contribution in [0, 0.1) is 11.8 Å². The van der Waals surface area contributed by atoms with E-state index < -0.39 is 22.2 Å². The SMILES string of the molecule is C[C@H]1CN([C@@H](C)CO)C(=O)c2cccc(NC(=O)C3CCCCC3)c2O[C@@H]1CN(C)S(C)(=O)=O. The summed E-state index contributed by atoms with van der Waals surface area (Å²) in [5, 5.41) is 12.7. The van der Waals surface area contributed by atoms with E-state index in [4.69, 9.17) is 4.74 Å². The number of sulfonamides is 1. The number of hydrogen-bond donors (Lipinski definition) is 2. The highest BCUT2D eigenvalue weighted by atomic mass is 32.2. The van der Waals surface area contributed by atoms with Gasteiger partial charge in [0.15, 0.2) is 5.75 Å². The van der Waals surface area contributed by atoms with Crippen LogP contribution in [0.2, 0.25) is 0 Å². The predicted octanol–water partition coefficient (Wildman–Crippen LogP) is 2.32. The van der Waals surface area contributed by atoms with E-state index in [1.807, 2.05) is 6.92 Å². The van der Waals surface area contributed by atoms with Gasteiger partial charge in [0.25, 0.3) is 5.91 Å². The Labute approximate surface area is 202 Å². The number of aliphatic hydroxyl groups excluding tert-OH is 1. The van der Waals surface area contributed by atoms with Crippen LogP contribution in [0.15, 0.2) is 18.2 Å². The maximum absolute atomic E-state index is 13.5. The monoisotopic (exact) mass is 495 g/mol. The van der Waals surface area contributed by atoms with E-state index in [9.17, 15) is 23.1 Å². The normalized spacial score (nSPS) is 23.0. The smallest absolute Gasteiger partial charge is 0.258 e. The molecule has 10 heteroatoms. The lowest BCUT2D eigenvalue weighted by Crippen LogP contribution is -2.50. The van der Waals surface area contributed by atoms with Crippen LogP contribution in [0.3, 0.4) is 0 Å². The second kappa shape index (κ2) is 11.0. The number of hydrogen-bond acceptors (Lipinski definition) is 6. The minimum atomic E-state index is -3.45. The van der Waals surface area contributed by atoms with Gasteiger partial charge in [-0.3, -0.25) is 9.59 Å². The average Bonchev–Trinajstić information content (AvgIpc) is 2.81. The van der Waals surface area contributed by atoms with Crippen LogP contribution in [-0.4, -0.2) is 79.7 Å². The summed E-state index contributed by atoms with van der Waals surface area (Å²) in [6.07, 6.45) is 5.40. The number of nitrogens with one attached hydrogen (secondary N) is 1. The van der Waals surface area contributed by atoms with Crippen LogP contribution in [0.1, 0.15) is 56.3 Å². The molecule has 1 heterocycles. The van der Waals surface area contributed by atoms with Crippen molar-refractivity contribution in [2.45, 2.75) is 58.1 Å². The van der Waals surface area contributed by atoms with E-state index in [0.717, 1.165) is 38.4 Å². The lowest BCUT2D eigenvalue weighted by Gasteiger charge is -2.38. The molecule has 0 spiro atoms. The first-order valence-corrected chi connectivity index (χ1v) is 13.8. The average molecular weight is 496 g/mol. The van der Waals surface area contributed by atoms with E-state index in [2.05, 4.69) is 5.32 Å². The molecule has 0 radical (unpaired) electrons. The van der Waals surface area contributed by atoms with E-state index in [-0.39, 0.29) is 48.1 Å². The number of fused-ring (bicyclic) bond motifs is 1. The fraction of sp³-hybridized carbons (Fsp3) is 0.667. The van der Waals surface area contributed by atoms with Gasteiger partial charge in [-0.05, 0) is 31.9 Å². The van der Waals surface area contributed by atoms with Gasteiger partial charge in [-0.25, -0.2) is 12.7 Å². The Bertz CT molecular complexity index is 992. The molecular weight excluding hydrogens is 458 g/mol. The molecule has 3 atom stereocenters. The number of para-hydroxylation sites is 1. The molecule has 0 unspecified atom stereocenters. The van der Waals surface area contributed by atoms with Crippen molar-refractivity contribution in [1.29, 1.82) is 0 Å². The van der Waals surface area contributed by atoms with Gasteiger partial charge in [0.2, 0.25) is 15.9 Å². The first kappa shape index (κ1) is 26.4. The number of carbonyl (C=O) groups excluding carboxylic acids is 2. The first-order valence-electron chi connectivity index (χ1n) is 12.0. The zero-order valence-electron chi connectivity index (χ0n) is 20.5. The van der Waals surface area contributed by atoms with Crippen molar-refractivity contribution in [3.63, 3.8) is 0 Å². The number of likely N-dealkylation sites (N-methyl/N-ethyl adjacent to an activating group) is 1. The molecule has 0 bridgehead atoms. The second-order valence-electron chi connectivity index (χ2n) is 9.67. The number of benzene rings is 1. The molecule has 1 fully saturated rings. The van der Waals surface area contributed by atoms with E-state index in [1.54, 1.807) is 30.0 Å². The van der Waals surface area contributed by atoms with Crippen LogP contribution >= 0.6 is 0 Å². The molecule has 1 saturated carbocycles. The third-order valence-corrected chi connectivity index (χ3v) is 8.21. The number of amides is 2. The highest BCUT2D eigenvalue weighted by Gasteiger charge is 2.35.